The molecule has 0 aliphatic heterocycles. The van der Waals surface area contributed by atoms with E-state index in [9.17, 15) is 0 Å². The van der Waals surface area contributed by atoms with Crippen molar-refractivity contribution in [2.45, 2.75) is 9.92 Å². The van der Waals surface area contributed by atoms with Crippen LogP contribution in [0.4, 0.5) is 0 Å². The summed E-state index contributed by atoms with van der Waals surface area (Å²) in [6.45, 7) is 0. The molecule has 6 heteroatoms. The molecule has 0 aliphatic rings. The maximum atomic E-state index is 7.22. The Kier molecular flexibility index (Phi) is 3.75. The predicted octanol–water partition coefficient (Wildman–Crippen LogP) is 2.67. The molecule has 2 aromatic rings. The van der Waals surface area contributed by atoms with Crippen molar-refractivity contribution >= 4 is 33.5 Å². The topological polar surface area (TPSA) is 75.7 Å². The minimum absolute atomic E-state index is 0.0741. The summed E-state index contributed by atoms with van der Waals surface area (Å²) >= 11 is 4.97. The molecule has 0 spiro atoms. The summed E-state index contributed by atoms with van der Waals surface area (Å²) in [4.78, 5) is 9.32. The van der Waals surface area contributed by atoms with Gasteiger partial charge in [-0.1, -0.05) is 23.9 Å². The Morgan fingerprint density at radius 2 is 2.00 bits per heavy atom. The average Bonchev–Trinajstić information content (AvgIpc) is 2.33. The number of aromatic nitrogens is 2. The fourth-order valence-corrected chi connectivity index (χ4v) is 2.42. The Hall–Kier alpha value is -1.40. The van der Waals surface area contributed by atoms with E-state index in [1.165, 1.54) is 18.0 Å². The smallest absolute Gasteiger partial charge is 0.143 e. The third-order valence-electron chi connectivity index (χ3n) is 1.96. The summed E-state index contributed by atoms with van der Waals surface area (Å²) < 4.78 is 1.02. The summed E-state index contributed by atoms with van der Waals surface area (Å²) in [5.41, 5.74) is 5.70. The van der Waals surface area contributed by atoms with Crippen molar-refractivity contribution in [1.29, 1.82) is 5.41 Å². The monoisotopic (exact) mass is 308 g/mol. The highest BCUT2D eigenvalue weighted by atomic mass is 79.9. The van der Waals surface area contributed by atoms with E-state index in [4.69, 9.17) is 11.1 Å². The molecule has 0 atom stereocenters. The van der Waals surface area contributed by atoms with Crippen molar-refractivity contribution in [3.8, 4) is 0 Å². The molecule has 4 nitrogen and oxygen atoms in total. The number of nitrogens with zero attached hydrogens (tertiary/aromatic N) is 2. The van der Waals surface area contributed by atoms with Gasteiger partial charge >= 0.3 is 0 Å². The molecule has 0 radical (unpaired) electrons. The Bertz CT molecular complexity index is 541. The third kappa shape index (κ3) is 3.04. The van der Waals surface area contributed by atoms with Crippen molar-refractivity contribution in [1.82, 2.24) is 9.97 Å². The second kappa shape index (κ2) is 5.29. The minimum atomic E-state index is -0.0741. The van der Waals surface area contributed by atoms with E-state index < -0.39 is 0 Å². The molecule has 0 amide bonds. The second-order valence-corrected chi connectivity index (χ2v) is 5.10. The standard InChI is InChI=1S/C11H9BrN4S/c12-7-3-1-2-4-9(7)17-10-6-15-8(5-16-10)11(13)14/h1-6H,(H3,13,14). The van der Waals surface area contributed by atoms with Gasteiger partial charge in [0, 0.05) is 9.37 Å². The lowest BCUT2D eigenvalue weighted by molar-refractivity contribution is 1.04. The highest BCUT2D eigenvalue weighted by Crippen LogP contribution is 2.31. The Balaban J connectivity index is 2.20. The van der Waals surface area contributed by atoms with E-state index in [1.54, 1.807) is 6.20 Å². The molecule has 1 heterocycles. The molecular weight excluding hydrogens is 300 g/mol. The summed E-state index contributed by atoms with van der Waals surface area (Å²) in [5, 5.41) is 7.99. The zero-order chi connectivity index (χ0) is 12.3. The molecule has 1 aromatic carbocycles. The number of hydrogen-bond donors (Lipinski definition) is 2. The lowest BCUT2D eigenvalue weighted by Crippen LogP contribution is -2.13. The number of hydrogen-bond acceptors (Lipinski definition) is 4. The highest BCUT2D eigenvalue weighted by Gasteiger charge is 2.04. The van der Waals surface area contributed by atoms with Crippen LogP contribution in [-0.4, -0.2) is 15.8 Å². The summed E-state index contributed by atoms with van der Waals surface area (Å²) in [6.07, 6.45) is 3.11. The van der Waals surface area contributed by atoms with Crippen molar-refractivity contribution in [3.63, 3.8) is 0 Å². The number of amidine groups is 1. The van der Waals surface area contributed by atoms with Crippen molar-refractivity contribution in [3.05, 3.63) is 46.8 Å². The number of benzene rings is 1. The first kappa shape index (κ1) is 12.1. The molecule has 0 saturated heterocycles. The predicted molar refractivity (Wildman–Crippen MR) is 71.3 cm³/mol. The van der Waals surface area contributed by atoms with Gasteiger partial charge in [-0.05, 0) is 28.1 Å². The van der Waals surface area contributed by atoms with Crippen LogP contribution in [0.3, 0.4) is 0 Å². The molecule has 17 heavy (non-hydrogen) atoms. The minimum Gasteiger partial charge on any atom is -0.382 e. The van der Waals surface area contributed by atoms with Gasteiger partial charge in [0.25, 0.3) is 0 Å². The van der Waals surface area contributed by atoms with Crippen LogP contribution in [0.15, 0.2) is 51.1 Å². The molecule has 0 bridgehead atoms. The van der Waals surface area contributed by atoms with Gasteiger partial charge < -0.3 is 5.73 Å². The van der Waals surface area contributed by atoms with Crippen LogP contribution in [-0.2, 0) is 0 Å². The number of halogens is 1. The molecular formula is C11H9BrN4S. The Labute approximate surface area is 111 Å². The molecule has 0 saturated carbocycles. The molecule has 0 fully saturated rings. The first-order chi connectivity index (χ1) is 8.16. The molecule has 1 aromatic heterocycles. The lowest BCUT2D eigenvalue weighted by Gasteiger charge is -2.03. The van der Waals surface area contributed by atoms with E-state index in [0.717, 1.165) is 14.4 Å². The SMILES string of the molecule is N=C(N)c1cnc(Sc2ccccc2Br)cn1. The largest absolute Gasteiger partial charge is 0.382 e. The van der Waals surface area contributed by atoms with Gasteiger partial charge in [0.2, 0.25) is 0 Å². The van der Waals surface area contributed by atoms with E-state index in [2.05, 4.69) is 25.9 Å². The van der Waals surface area contributed by atoms with Gasteiger partial charge in [-0.15, -0.1) is 0 Å². The van der Waals surface area contributed by atoms with E-state index >= 15 is 0 Å². The van der Waals surface area contributed by atoms with Crippen LogP contribution in [0.2, 0.25) is 0 Å². The van der Waals surface area contributed by atoms with Crippen LogP contribution < -0.4 is 5.73 Å². The van der Waals surface area contributed by atoms with Crippen molar-refractivity contribution < 1.29 is 0 Å². The number of rotatable bonds is 3. The zero-order valence-corrected chi connectivity index (χ0v) is 11.1. The molecule has 2 rings (SSSR count). The lowest BCUT2D eigenvalue weighted by atomic mass is 10.4. The highest BCUT2D eigenvalue weighted by molar-refractivity contribution is 9.10. The van der Waals surface area contributed by atoms with Crippen LogP contribution in [0.5, 0.6) is 0 Å². The van der Waals surface area contributed by atoms with Gasteiger partial charge in [-0.25, -0.2) is 9.97 Å². The molecule has 86 valence electrons. The van der Waals surface area contributed by atoms with Crippen LogP contribution in [0.25, 0.3) is 0 Å². The number of nitrogens with one attached hydrogen (secondary N) is 1. The van der Waals surface area contributed by atoms with Gasteiger partial charge in [0.15, 0.2) is 0 Å². The van der Waals surface area contributed by atoms with Gasteiger partial charge in [0.1, 0.15) is 16.6 Å². The Morgan fingerprint density at radius 1 is 1.24 bits per heavy atom. The maximum Gasteiger partial charge on any atom is 0.143 e. The zero-order valence-electron chi connectivity index (χ0n) is 8.72. The summed E-state index contributed by atoms with van der Waals surface area (Å²) in [7, 11) is 0. The first-order valence-corrected chi connectivity index (χ1v) is 6.36. The summed E-state index contributed by atoms with van der Waals surface area (Å²) in [6, 6.07) is 7.89. The van der Waals surface area contributed by atoms with E-state index in [1.807, 2.05) is 24.3 Å². The van der Waals surface area contributed by atoms with Crippen LogP contribution in [0.1, 0.15) is 5.69 Å². The van der Waals surface area contributed by atoms with Gasteiger partial charge in [0.05, 0.1) is 12.4 Å². The number of nitrogen functional groups attached to an aromatic ring is 1. The van der Waals surface area contributed by atoms with Gasteiger partial charge in [-0.2, -0.15) is 0 Å². The van der Waals surface area contributed by atoms with Crippen LogP contribution >= 0.6 is 27.7 Å². The van der Waals surface area contributed by atoms with Gasteiger partial charge in [-0.3, -0.25) is 5.41 Å². The quantitative estimate of drug-likeness (QED) is 0.675. The summed E-state index contributed by atoms with van der Waals surface area (Å²) in [5.74, 6) is -0.0741. The van der Waals surface area contributed by atoms with Crippen molar-refractivity contribution in [2.75, 3.05) is 0 Å². The maximum absolute atomic E-state index is 7.22. The Morgan fingerprint density at radius 3 is 2.59 bits per heavy atom. The second-order valence-electron chi connectivity index (χ2n) is 3.19. The molecule has 0 aliphatic carbocycles. The van der Waals surface area contributed by atoms with Crippen molar-refractivity contribution in [2.24, 2.45) is 5.73 Å². The average molecular weight is 309 g/mol. The first-order valence-electron chi connectivity index (χ1n) is 4.75. The fourth-order valence-electron chi connectivity index (χ4n) is 1.15. The number of nitrogens with two attached hydrogens (primary N) is 1. The third-order valence-corrected chi connectivity index (χ3v) is 3.91. The van der Waals surface area contributed by atoms with E-state index in [0.29, 0.717) is 5.69 Å². The fraction of sp³-hybridized carbons (Fsp3) is 0. The molecule has 3 N–H and O–H groups in total. The molecule has 0 unspecified atom stereocenters. The normalized spacial score (nSPS) is 10.2. The van der Waals surface area contributed by atoms with Crippen LogP contribution in [0, 0.1) is 5.41 Å². The van der Waals surface area contributed by atoms with E-state index in [-0.39, 0.29) is 5.84 Å².